The van der Waals surface area contributed by atoms with Crippen LogP contribution in [0.5, 0.6) is 0 Å². The Labute approximate surface area is 130 Å². The summed E-state index contributed by atoms with van der Waals surface area (Å²) in [6.45, 7) is 0.260. The lowest BCUT2D eigenvalue weighted by molar-refractivity contribution is -0.144. The summed E-state index contributed by atoms with van der Waals surface area (Å²) in [5.74, 6) is -1.68. The standard InChI is InChI=1S/C15H17BrFNO3/c16-13-6-5-12(17)7-11(13)8-18-14(19)9-1-3-10(4-2-9)15(20)21/h5-7,9-10H,1-4,8H2,(H,18,19)(H,20,21). The zero-order chi connectivity index (χ0) is 15.4. The van der Waals surface area contributed by atoms with Gasteiger partial charge in [0.1, 0.15) is 5.82 Å². The minimum absolute atomic E-state index is 0.0880. The number of carboxylic acid groups (broad SMARTS) is 1. The molecular formula is C15H17BrFNO3. The Morgan fingerprint density at radius 3 is 2.48 bits per heavy atom. The second-order valence-corrected chi connectivity index (χ2v) is 6.19. The van der Waals surface area contributed by atoms with Crippen LogP contribution in [0.25, 0.3) is 0 Å². The molecule has 2 N–H and O–H groups in total. The number of halogens is 2. The minimum Gasteiger partial charge on any atom is -0.481 e. The van der Waals surface area contributed by atoms with E-state index in [1.54, 1.807) is 6.07 Å². The van der Waals surface area contributed by atoms with Crippen molar-refractivity contribution in [3.63, 3.8) is 0 Å². The van der Waals surface area contributed by atoms with Crippen molar-refractivity contribution in [3.8, 4) is 0 Å². The summed E-state index contributed by atoms with van der Waals surface area (Å²) < 4.78 is 13.9. The van der Waals surface area contributed by atoms with Crippen molar-refractivity contribution in [2.24, 2.45) is 11.8 Å². The molecule has 1 aromatic rings. The van der Waals surface area contributed by atoms with Gasteiger partial charge in [-0.25, -0.2) is 4.39 Å². The number of hydrogen-bond donors (Lipinski definition) is 2. The van der Waals surface area contributed by atoms with E-state index >= 15 is 0 Å². The fraction of sp³-hybridized carbons (Fsp3) is 0.467. The van der Waals surface area contributed by atoms with E-state index in [2.05, 4.69) is 21.2 Å². The van der Waals surface area contributed by atoms with E-state index in [1.807, 2.05) is 0 Å². The highest BCUT2D eigenvalue weighted by molar-refractivity contribution is 9.10. The summed E-state index contributed by atoms with van der Waals surface area (Å²) in [6, 6.07) is 4.34. The van der Waals surface area contributed by atoms with Gasteiger partial charge in [-0.05, 0) is 49.4 Å². The zero-order valence-corrected chi connectivity index (χ0v) is 13.0. The Bertz CT molecular complexity index is 542. The molecule has 1 fully saturated rings. The number of benzene rings is 1. The van der Waals surface area contributed by atoms with Crippen LogP contribution in [0.2, 0.25) is 0 Å². The fourth-order valence-electron chi connectivity index (χ4n) is 2.61. The summed E-state index contributed by atoms with van der Waals surface area (Å²) in [7, 11) is 0. The number of rotatable bonds is 4. The van der Waals surface area contributed by atoms with Gasteiger partial charge in [0.25, 0.3) is 0 Å². The van der Waals surface area contributed by atoms with E-state index in [-0.39, 0.29) is 30.1 Å². The minimum atomic E-state index is -0.780. The molecule has 4 nitrogen and oxygen atoms in total. The first-order valence-corrected chi connectivity index (χ1v) is 7.71. The zero-order valence-electron chi connectivity index (χ0n) is 11.4. The molecule has 1 aliphatic carbocycles. The molecular weight excluding hydrogens is 341 g/mol. The molecule has 1 amide bonds. The van der Waals surface area contributed by atoms with Gasteiger partial charge in [0.15, 0.2) is 0 Å². The van der Waals surface area contributed by atoms with E-state index in [9.17, 15) is 14.0 Å². The second kappa shape index (κ2) is 7.02. The van der Waals surface area contributed by atoms with Crippen molar-refractivity contribution in [2.45, 2.75) is 32.2 Å². The highest BCUT2D eigenvalue weighted by Gasteiger charge is 2.29. The number of carboxylic acids is 1. The van der Waals surface area contributed by atoms with Gasteiger partial charge < -0.3 is 10.4 Å². The molecule has 0 spiro atoms. The maximum Gasteiger partial charge on any atom is 0.306 e. The van der Waals surface area contributed by atoms with Crippen molar-refractivity contribution >= 4 is 27.8 Å². The predicted octanol–water partition coefficient (Wildman–Crippen LogP) is 3.10. The molecule has 114 valence electrons. The maximum atomic E-state index is 13.2. The van der Waals surface area contributed by atoms with E-state index < -0.39 is 5.97 Å². The average molecular weight is 358 g/mol. The van der Waals surface area contributed by atoms with Gasteiger partial charge >= 0.3 is 5.97 Å². The second-order valence-electron chi connectivity index (χ2n) is 5.34. The van der Waals surface area contributed by atoms with E-state index in [4.69, 9.17) is 5.11 Å². The van der Waals surface area contributed by atoms with E-state index in [1.165, 1.54) is 12.1 Å². The third-order valence-corrected chi connectivity index (χ3v) is 4.68. The Hall–Kier alpha value is -1.43. The van der Waals surface area contributed by atoms with Gasteiger partial charge in [0.2, 0.25) is 5.91 Å². The van der Waals surface area contributed by atoms with Gasteiger partial charge in [-0.1, -0.05) is 15.9 Å². The number of carbonyl (C=O) groups is 2. The number of nitrogens with one attached hydrogen (secondary N) is 1. The first-order chi connectivity index (χ1) is 9.97. The van der Waals surface area contributed by atoms with Crippen molar-refractivity contribution in [1.29, 1.82) is 0 Å². The van der Waals surface area contributed by atoms with Gasteiger partial charge in [-0.15, -0.1) is 0 Å². The van der Waals surface area contributed by atoms with Crippen molar-refractivity contribution in [3.05, 3.63) is 34.1 Å². The summed E-state index contributed by atoms with van der Waals surface area (Å²) >= 11 is 3.32. The number of amides is 1. The van der Waals surface area contributed by atoms with Crippen LogP contribution in [0, 0.1) is 17.7 Å². The lowest BCUT2D eigenvalue weighted by Crippen LogP contribution is -2.34. The molecule has 0 heterocycles. The van der Waals surface area contributed by atoms with Gasteiger partial charge in [-0.3, -0.25) is 9.59 Å². The molecule has 0 bridgehead atoms. The first kappa shape index (κ1) is 15.9. The molecule has 0 atom stereocenters. The lowest BCUT2D eigenvalue weighted by atomic mass is 9.81. The van der Waals surface area contributed by atoms with Gasteiger partial charge in [0.05, 0.1) is 5.92 Å². The van der Waals surface area contributed by atoms with Crippen LogP contribution in [0.4, 0.5) is 4.39 Å². The Balaban J connectivity index is 1.85. The lowest BCUT2D eigenvalue weighted by Gasteiger charge is -2.25. The third-order valence-electron chi connectivity index (χ3n) is 3.91. The predicted molar refractivity (Wildman–Crippen MR) is 79.0 cm³/mol. The largest absolute Gasteiger partial charge is 0.481 e. The first-order valence-electron chi connectivity index (χ1n) is 6.92. The van der Waals surface area contributed by atoms with Crippen LogP contribution in [0.1, 0.15) is 31.2 Å². The topological polar surface area (TPSA) is 66.4 Å². The molecule has 1 saturated carbocycles. The van der Waals surface area contributed by atoms with Crippen molar-refractivity contribution < 1.29 is 19.1 Å². The van der Waals surface area contributed by atoms with Crippen LogP contribution >= 0.6 is 15.9 Å². The Morgan fingerprint density at radius 1 is 1.24 bits per heavy atom. The molecule has 6 heteroatoms. The number of hydrogen-bond acceptors (Lipinski definition) is 2. The molecule has 0 unspecified atom stereocenters. The van der Waals surface area contributed by atoms with Crippen LogP contribution in [-0.2, 0) is 16.1 Å². The summed E-state index contributed by atoms with van der Waals surface area (Å²) in [5, 5.41) is 11.7. The third kappa shape index (κ3) is 4.27. The molecule has 2 rings (SSSR count). The monoisotopic (exact) mass is 357 g/mol. The van der Waals surface area contributed by atoms with E-state index in [0.717, 1.165) is 4.47 Å². The van der Waals surface area contributed by atoms with E-state index in [0.29, 0.717) is 31.2 Å². The molecule has 1 aromatic carbocycles. The molecule has 0 saturated heterocycles. The van der Waals surface area contributed by atoms with Gasteiger partial charge in [0, 0.05) is 16.9 Å². The normalized spacial score (nSPS) is 21.8. The number of aliphatic carboxylic acids is 1. The highest BCUT2D eigenvalue weighted by atomic mass is 79.9. The molecule has 0 aliphatic heterocycles. The smallest absolute Gasteiger partial charge is 0.306 e. The molecule has 1 aliphatic rings. The summed E-state index contributed by atoms with van der Waals surface area (Å²) in [6.07, 6.45) is 2.26. The van der Waals surface area contributed by atoms with Crippen molar-refractivity contribution in [1.82, 2.24) is 5.32 Å². The van der Waals surface area contributed by atoms with Crippen LogP contribution in [0.3, 0.4) is 0 Å². The molecule has 21 heavy (non-hydrogen) atoms. The molecule has 0 aromatic heterocycles. The van der Waals surface area contributed by atoms with Crippen LogP contribution < -0.4 is 5.32 Å². The quantitative estimate of drug-likeness (QED) is 0.869. The van der Waals surface area contributed by atoms with Crippen LogP contribution in [0.15, 0.2) is 22.7 Å². The average Bonchev–Trinajstić information content (AvgIpc) is 2.48. The van der Waals surface area contributed by atoms with Gasteiger partial charge in [-0.2, -0.15) is 0 Å². The Morgan fingerprint density at radius 2 is 1.86 bits per heavy atom. The summed E-state index contributed by atoms with van der Waals surface area (Å²) in [4.78, 5) is 22.9. The Kier molecular flexibility index (Phi) is 5.33. The van der Waals surface area contributed by atoms with Crippen molar-refractivity contribution in [2.75, 3.05) is 0 Å². The highest BCUT2D eigenvalue weighted by Crippen LogP contribution is 2.29. The fourth-order valence-corrected chi connectivity index (χ4v) is 2.99. The number of carbonyl (C=O) groups excluding carboxylic acids is 1. The summed E-state index contributed by atoms with van der Waals surface area (Å²) in [5.41, 5.74) is 0.683. The SMILES string of the molecule is O=C(O)C1CCC(C(=O)NCc2cc(F)ccc2Br)CC1. The molecule has 0 radical (unpaired) electrons. The van der Waals surface area contributed by atoms with Crippen LogP contribution in [-0.4, -0.2) is 17.0 Å². The maximum absolute atomic E-state index is 13.2.